The Bertz CT molecular complexity index is 610. The number of alkyl carbamates (subject to hydrolysis) is 1. The summed E-state index contributed by atoms with van der Waals surface area (Å²) in [5.74, 6) is -1.25. The van der Waals surface area contributed by atoms with Crippen molar-refractivity contribution in [2.75, 3.05) is 18.2 Å². The molecule has 0 spiro atoms. The number of benzene rings is 1. The van der Waals surface area contributed by atoms with Crippen LogP contribution in [-0.2, 0) is 19.1 Å². The number of methoxy groups -OCH3 is 1. The lowest BCUT2D eigenvalue weighted by molar-refractivity contribution is -0.142. The van der Waals surface area contributed by atoms with Crippen molar-refractivity contribution in [3.8, 4) is 0 Å². The second-order valence-corrected chi connectivity index (χ2v) is 6.06. The number of hydrogen-bond acceptors (Lipinski definition) is 6. The molecule has 1 atom stereocenters. The first-order valence-corrected chi connectivity index (χ1v) is 7.34. The molecule has 0 heterocycles. The number of rotatable bonds is 5. The Morgan fingerprint density at radius 3 is 2.38 bits per heavy atom. The SMILES string of the molecule is COC(=O)CC(NC(=O)OC(C)(C)C)C(=O)Nc1ccccc1N. The lowest BCUT2D eigenvalue weighted by Crippen LogP contribution is -2.47. The topological polar surface area (TPSA) is 120 Å². The molecule has 8 heteroatoms. The smallest absolute Gasteiger partial charge is 0.408 e. The van der Waals surface area contributed by atoms with Crippen molar-refractivity contribution in [1.29, 1.82) is 0 Å². The fourth-order valence-electron chi connectivity index (χ4n) is 1.74. The highest BCUT2D eigenvalue weighted by atomic mass is 16.6. The Morgan fingerprint density at radius 1 is 1.21 bits per heavy atom. The molecule has 0 aliphatic carbocycles. The van der Waals surface area contributed by atoms with E-state index in [0.29, 0.717) is 11.4 Å². The van der Waals surface area contributed by atoms with Crippen LogP contribution in [0.15, 0.2) is 24.3 Å². The average molecular weight is 337 g/mol. The minimum atomic E-state index is -1.16. The molecule has 1 rings (SSSR count). The van der Waals surface area contributed by atoms with Gasteiger partial charge in [0.05, 0.1) is 24.9 Å². The second-order valence-electron chi connectivity index (χ2n) is 6.06. The van der Waals surface area contributed by atoms with E-state index in [2.05, 4.69) is 15.4 Å². The Hall–Kier alpha value is -2.77. The molecular formula is C16H23N3O5. The van der Waals surface area contributed by atoms with E-state index < -0.39 is 29.6 Å². The summed E-state index contributed by atoms with van der Waals surface area (Å²) in [6.45, 7) is 5.06. The highest BCUT2D eigenvalue weighted by Crippen LogP contribution is 2.17. The highest BCUT2D eigenvalue weighted by Gasteiger charge is 2.27. The summed E-state index contributed by atoms with van der Waals surface area (Å²) in [5.41, 5.74) is 5.77. The van der Waals surface area contributed by atoms with Crippen LogP contribution in [0.4, 0.5) is 16.2 Å². The zero-order valence-electron chi connectivity index (χ0n) is 14.2. The molecular weight excluding hydrogens is 314 g/mol. The maximum Gasteiger partial charge on any atom is 0.408 e. The number of esters is 1. The van der Waals surface area contributed by atoms with Crippen LogP contribution in [0.25, 0.3) is 0 Å². The molecule has 0 aliphatic heterocycles. The van der Waals surface area contributed by atoms with Crippen LogP contribution in [0.3, 0.4) is 0 Å². The number of nitrogens with two attached hydrogens (primary N) is 1. The molecule has 8 nitrogen and oxygen atoms in total. The number of nitrogen functional groups attached to an aromatic ring is 1. The quantitative estimate of drug-likeness (QED) is 0.555. The molecule has 0 radical (unpaired) electrons. The predicted octanol–water partition coefficient (Wildman–Crippen LogP) is 1.66. The molecule has 2 amide bonds. The minimum absolute atomic E-state index is 0.339. The van der Waals surface area contributed by atoms with Gasteiger partial charge in [-0.05, 0) is 32.9 Å². The van der Waals surface area contributed by atoms with Crippen molar-refractivity contribution in [1.82, 2.24) is 5.32 Å². The number of carbonyl (C=O) groups is 3. The van der Waals surface area contributed by atoms with Gasteiger partial charge in [0.25, 0.3) is 0 Å². The fourth-order valence-corrected chi connectivity index (χ4v) is 1.74. The third-order valence-corrected chi connectivity index (χ3v) is 2.82. The van der Waals surface area contributed by atoms with Gasteiger partial charge in [0.1, 0.15) is 11.6 Å². The third-order valence-electron chi connectivity index (χ3n) is 2.82. The van der Waals surface area contributed by atoms with Gasteiger partial charge in [0.15, 0.2) is 0 Å². The van der Waals surface area contributed by atoms with Gasteiger partial charge in [-0.25, -0.2) is 4.79 Å². The van der Waals surface area contributed by atoms with Crippen molar-refractivity contribution >= 4 is 29.3 Å². The summed E-state index contributed by atoms with van der Waals surface area (Å²) in [6.07, 6.45) is -1.15. The van der Waals surface area contributed by atoms with Crippen LogP contribution < -0.4 is 16.4 Å². The average Bonchev–Trinajstić information content (AvgIpc) is 2.46. The molecule has 132 valence electrons. The Morgan fingerprint density at radius 2 is 1.83 bits per heavy atom. The molecule has 0 saturated carbocycles. The molecule has 1 unspecified atom stereocenters. The maximum absolute atomic E-state index is 12.4. The molecule has 1 aromatic rings. The number of amides is 2. The number of nitrogens with one attached hydrogen (secondary N) is 2. The number of carbonyl (C=O) groups excluding carboxylic acids is 3. The van der Waals surface area contributed by atoms with Crippen LogP contribution in [0.1, 0.15) is 27.2 Å². The normalized spacial score (nSPS) is 12.0. The van der Waals surface area contributed by atoms with Crippen molar-refractivity contribution in [3.63, 3.8) is 0 Å². The summed E-state index contributed by atoms with van der Waals surface area (Å²) in [5, 5.41) is 4.93. The molecule has 24 heavy (non-hydrogen) atoms. The van der Waals surface area contributed by atoms with E-state index in [1.54, 1.807) is 45.0 Å². The van der Waals surface area contributed by atoms with E-state index in [1.807, 2.05) is 0 Å². The van der Waals surface area contributed by atoms with E-state index in [1.165, 1.54) is 7.11 Å². The van der Waals surface area contributed by atoms with E-state index in [4.69, 9.17) is 10.5 Å². The molecule has 0 aliphatic rings. The Kier molecular flexibility index (Phi) is 6.58. The van der Waals surface area contributed by atoms with E-state index in [9.17, 15) is 14.4 Å². The van der Waals surface area contributed by atoms with Gasteiger partial charge >= 0.3 is 12.1 Å². The van der Waals surface area contributed by atoms with Gasteiger partial charge in [-0.3, -0.25) is 9.59 Å². The lowest BCUT2D eigenvalue weighted by atomic mass is 10.1. The maximum atomic E-state index is 12.4. The monoisotopic (exact) mass is 337 g/mol. The zero-order valence-corrected chi connectivity index (χ0v) is 14.2. The second kappa shape index (κ2) is 8.19. The molecule has 0 bridgehead atoms. The van der Waals surface area contributed by atoms with Crippen LogP contribution >= 0.6 is 0 Å². The molecule has 4 N–H and O–H groups in total. The highest BCUT2D eigenvalue weighted by molar-refractivity contribution is 6.00. The van der Waals surface area contributed by atoms with Gasteiger partial charge < -0.3 is 25.8 Å². The van der Waals surface area contributed by atoms with E-state index in [-0.39, 0.29) is 6.42 Å². The van der Waals surface area contributed by atoms with E-state index >= 15 is 0 Å². The number of anilines is 2. The van der Waals surface area contributed by atoms with Crippen molar-refractivity contribution in [2.45, 2.75) is 38.8 Å². The van der Waals surface area contributed by atoms with Gasteiger partial charge in [-0.2, -0.15) is 0 Å². The van der Waals surface area contributed by atoms with Crippen LogP contribution in [-0.4, -0.2) is 36.7 Å². The van der Waals surface area contributed by atoms with Crippen molar-refractivity contribution < 1.29 is 23.9 Å². The Labute approximate surface area is 140 Å². The van der Waals surface area contributed by atoms with Crippen LogP contribution in [0, 0.1) is 0 Å². The summed E-state index contributed by atoms with van der Waals surface area (Å²) in [7, 11) is 1.19. The van der Waals surface area contributed by atoms with Crippen LogP contribution in [0.2, 0.25) is 0 Å². The van der Waals surface area contributed by atoms with Gasteiger partial charge in [-0.15, -0.1) is 0 Å². The van der Waals surface area contributed by atoms with Crippen LogP contribution in [0.5, 0.6) is 0 Å². The predicted molar refractivity (Wildman–Crippen MR) is 89.3 cm³/mol. The number of hydrogen-bond donors (Lipinski definition) is 3. The lowest BCUT2D eigenvalue weighted by Gasteiger charge is -2.23. The first-order chi connectivity index (χ1) is 11.1. The summed E-state index contributed by atoms with van der Waals surface area (Å²) in [4.78, 5) is 35.7. The first kappa shape index (κ1) is 19.3. The largest absolute Gasteiger partial charge is 0.469 e. The summed E-state index contributed by atoms with van der Waals surface area (Å²) >= 11 is 0. The van der Waals surface area contributed by atoms with Crippen molar-refractivity contribution in [2.24, 2.45) is 0 Å². The van der Waals surface area contributed by atoms with Gasteiger partial charge in [0, 0.05) is 0 Å². The molecule has 0 aromatic heterocycles. The van der Waals surface area contributed by atoms with Gasteiger partial charge in [0.2, 0.25) is 5.91 Å². The van der Waals surface area contributed by atoms with Gasteiger partial charge in [-0.1, -0.05) is 12.1 Å². The summed E-state index contributed by atoms with van der Waals surface area (Å²) in [6, 6.07) is 5.48. The number of ether oxygens (including phenoxy) is 2. The minimum Gasteiger partial charge on any atom is -0.469 e. The summed E-state index contributed by atoms with van der Waals surface area (Å²) < 4.78 is 9.65. The fraction of sp³-hybridized carbons (Fsp3) is 0.438. The third kappa shape index (κ3) is 6.55. The van der Waals surface area contributed by atoms with Crippen molar-refractivity contribution in [3.05, 3.63) is 24.3 Å². The molecule has 1 aromatic carbocycles. The Balaban J connectivity index is 2.84. The van der Waals surface area contributed by atoms with E-state index in [0.717, 1.165) is 0 Å². The number of para-hydroxylation sites is 2. The standard InChI is InChI=1S/C16H23N3O5/c1-16(2,3)24-15(22)19-12(9-13(20)23-4)14(21)18-11-8-6-5-7-10(11)17/h5-8,12H,9,17H2,1-4H3,(H,18,21)(H,19,22). The molecule has 0 saturated heterocycles. The zero-order chi connectivity index (χ0) is 18.3. The first-order valence-electron chi connectivity index (χ1n) is 7.34. The molecule has 0 fully saturated rings.